The van der Waals surface area contributed by atoms with E-state index in [9.17, 15) is 5.11 Å². The normalized spacial score (nSPS) is 13.6. The number of rotatable bonds is 4. The number of ether oxygens (including phenoxy) is 1. The van der Waals surface area contributed by atoms with Gasteiger partial charge in [0.15, 0.2) is 0 Å². The summed E-state index contributed by atoms with van der Waals surface area (Å²) in [6.07, 6.45) is 0.288. The fourth-order valence-electron chi connectivity index (χ4n) is 1.49. The summed E-state index contributed by atoms with van der Waals surface area (Å²) in [7, 11) is 0. The zero-order valence-electron chi connectivity index (χ0n) is 10.0. The summed E-state index contributed by atoms with van der Waals surface area (Å²) in [5, 5.41) is 10.4. The highest BCUT2D eigenvalue weighted by Gasteiger charge is 2.16. The predicted octanol–water partition coefficient (Wildman–Crippen LogP) is 3.52. The molecule has 0 fully saturated rings. The topological polar surface area (TPSA) is 29.5 Å². The zero-order chi connectivity index (χ0) is 12.2. The van der Waals surface area contributed by atoms with Gasteiger partial charge in [0, 0.05) is 5.02 Å². The van der Waals surface area contributed by atoms with E-state index < -0.39 is 6.10 Å². The Morgan fingerprint density at radius 3 is 2.31 bits per heavy atom. The summed E-state index contributed by atoms with van der Waals surface area (Å²) in [6.45, 7) is 6.61. The van der Waals surface area contributed by atoms with Gasteiger partial charge in [-0.3, -0.25) is 0 Å². The van der Waals surface area contributed by atoms with Crippen molar-refractivity contribution >= 4 is 11.6 Å². The Morgan fingerprint density at radius 1 is 1.25 bits per heavy atom. The van der Waals surface area contributed by atoms with Crippen molar-refractivity contribution in [3.05, 3.63) is 29.3 Å². The Kier molecular flexibility index (Phi) is 4.63. The average molecular weight is 243 g/mol. The monoisotopic (exact) mass is 242 g/mol. The lowest BCUT2D eigenvalue weighted by Crippen LogP contribution is -2.23. The summed E-state index contributed by atoms with van der Waals surface area (Å²) in [4.78, 5) is 0. The zero-order valence-corrected chi connectivity index (χ0v) is 10.8. The Balaban J connectivity index is 2.37. The third-order valence-corrected chi connectivity index (χ3v) is 2.36. The fourth-order valence-corrected chi connectivity index (χ4v) is 1.62. The maximum atomic E-state index is 9.75. The van der Waals surface area contributed by atoms with Crippen molar-refractivity contribution in [1.29, 1.82) is 0 Å². The minimum atomic E-state index is -0.435. The summed E-state index contributed by atoms with van der Waals surface area (Å²) in [5.74, 6) is 0.734. The summed E-state index contributed by atoms with van der Waals surface area (Å²) < 4.78 is 5.46. The van der Waals surface area contributed by atoms with E-state index in [1.54, 1.807) is 24.3 Å². The van der Waals surface area contributed by atoms with Gasteiger partial charge >= 0.3 is 0 Å². The Hall–Kier alpha value is -0.730. The van der Waals surface area contributed by atoms with Crippen LogP contribution in [0.1, 0.15) is 27.2 Å². The predicted molar refractivity (Wildman–Crippen MR) is 67.0 cm³/mol. The quantitative estimate of drug-likeness (QED) is 0.876. The van der Waals surface area contributed by atoms with Crippen LogP contribution in [-0.4, -0.2) is 17.8 Å². The van der Waals surface area contributed by atoms with Crippen molar-refractivity contribution in [2.24, 2.45) is 5.41 Å². The lowest BCUT2D eigenvalue weighted by atomic mass is 9.89. The first-order chi connectivity index (χ1) is 7.37. The average Bonchev–Trinajstić information content (AvgIpc) is 2.14. The van der Waals surface area contributed by atoms with Crippen molar-refractivity contribution < 1.29 is 9.84 Å². The summed E-state index contributed by atoms with van der Waals surface area (Å²) >= 11 is 5.76. The van der Waals surface area contributed by atoms with Crippen molar-refractivity contribution in [2.75, 3.05) is 6.61 Å². The van der Waals surface area contributed by atoms with Gasteiger partial charge in [0.05, 0.1) is 6.10 Å². The Morgan fingerprint density at radius 2 is 1.81 bits per heavy atom. The maximum Gasteiger partial charge on any atom is 0.119 e. The standard InChI is InChI=1S/C13H19ClO2/c1-13(2,3)8-11(15)9-16-12-6-4-10(14)5-7-12/h4-7,11,15H,8-9H2,1-3H3. The van der Waals surface area contributed by atoms with Crippen LogP contribution in [0.5, 0.6) is 5.75 Å². The molecule has 1 N–H and O–H groups in total. The van der Waals surface area contributed by atoms with Gasteiger partial charge in [-0.2, -0.15) is 0 Å². The SMILES string of the molecule is CC(C)(C)CC(O)COc1ccc(Cl)cc1. The first-order valence-electron chi connectivity index (χ1n) is 5.43. The van der Waals surface area contributed by atoms with Gasteiger partial charge in [0.25, 0.3) is 0 Å². The highest BCUT2D eigenvalue weighted by Crippen LogP contribution is 2.21. The molecule has 3 heteroatoms. The van der Waals surface area contributed by atoms with Gasteiger partial charge in [-0.25, -0.2) is 0 Å². The number of hydrogen-bond donors (Lipinski definition) is 1. The minimum Gasteiger partial charge on any atom is -0.491 e. The molecule has 0 amide bonds. The lowest BCUT2D eigenvalue weighted by molar-refractivity contribution is 0.0710. The molecule has 16 heavy (non-hydrogen) atoms. The molecule has 1 unspecified atom stereocenters. The first kappa shape index (κ1) is 13.3. The van der Waals surface area contributed by atoms with E-state index in [0.29, 0.717) is 11.6 Å². The van der Waals surface area contributed by atoms with Gasteiger partial charge in [-0.1, -0.05) is 32.4 Å². The molecule has 0 aromatic heterocycles. The Bertz CT molecular complexity index is 314. The van der Waals surface area contributed by atoms with E-state index in [1.807, 2.05) is 0 Å². The molecule has 1 aromatic rings. The number of halogens is 1. The van der Waals surface area contributed by atoms with Crippen LogP contribution in [0.25, 0.3) is 0 Å². The van der Waals surface area contributed by atoms with E-state index in [1.165, 1.54) is 0 Å². The summed E-state index contributed by atoms with van der Waals surface area (Å²) in [6, 6.07) is 7.14. The molecule has 1 atom stereocenters. The molecule has 0 aliphatic heterocycles. The van der Waals surface area contributed by atoms with E-state index in [2.05, 4.69) is 20.8 Å². The second-order valence-corrected chi connectivity index (χ2v) is 5.62. The number of benzene rings is 1. The highest BCUT2D eigenvalue weighted by molar-refractivity contribution is 6.30. The minimum absolute atomic E-state index is 0.114. The van der Waals surface area contributed by atoms with Crippen LogP contribution in [0.4, 0.5) is 0 Å². The van der Waals surface area contributed by atoms with Crippen molar-refractivity contribution in [3.63, 3.8) is 0 Å². The molecular formula is C13H19ClO2. The third-order valence-electron chi connectivity index (χ3n) is 2.10. The third kappa shape index (κ3) is 5.38. The van der Waals surface area contributed by atoms with Gasteiger partial charge < -0.3 is 9.84 Å². The van der Waals surface area contributed by atoms with Gasteiger partial charge in [-0.05, 0) is 36.1 Å². The maximum absolute atomic E-state index is 9.75. The number of hydrogen-bond acceptors (Lipinski definition) is 2. The first-order valence-corrected chi connectivity index (χ1v) is 5.81. The van der Waals surface area contributed by atoms with E-state index in [-0.39, 0.29) is 5.41 Å². The second kappa shape index (κ2) is 5.55. The van der Waals surface area contributed by atoms with Gasteiger partial charge in [-0.15, -0.1) is 0 Å². The smallest absolute Gasteiger partial charge is 0.119 e. The van der Waals surface area contributed by atoms with Gasteiger partial charge in [0.1, 0.15) is 12.4 Å². The number of aliphatic hydroxyl groups is 1. The van der Waals surface area contributed by atoms with Crippen LogP contribution in [0.3, 0.4) is 0 Å². The van der Waals surface area contributed by atoms with Crippen molar-refractivity contribution in [1.82, 2.24) is 0 Å². The molecule has 0 bridgehead atoms. The molecule has 0 saturated carbocycles. The highest BCUT2D eigenvalue weighted by atomic mass is 35.5. The largest absolute Gasteiger partial charge is 0.491 e. The molecule has 0 aliphatic rings. The molecular weight excluding hydrogens is 224 g/mol. The second-order valence-electron chi connectivity index (χ2n) is 5.18. The van der Waals surface area contributed by atoms with Crippen LogP contribution in [0, 0.1) is 5.41 Å². The fraction of sp³-hybridized carbons (Fsp3) is 0.538. The van der Waals surface area contributed by atoms with Crippen LogP contribution < -0.4 is 4.74 Å². The molecule has 90 valence electrons. The molecule has 0 saturated heterocycles. The van der Waals surface area contributed by atoms with Crippen molar-refractivity contribution in [3.8, 4) is 5.75 Å². The van der Waals surface area contributed by atoms with E-state index >= 15 is 0 Å². The molecule has 2 nitrogen and oxygen atoms in total. The molecule has 0 heterocycles. The van der Waals surface area contributed by atoms with Crippen LogP contribution in [-0.2, 0) is 0 Å². The molecule has 0 radical (unpaired) electrons. The van der Waals surface area contributed by atoms with E-state index in [4.69, 9.17) is 16.3 Å². The lowest BCUT2D eigenvalue weighted by Gasteiger charge is -2.22. The summed E-state index contributed by atoms with van der Waals surface area (Å²) in [5.41, 5.74) is 0.114. The van der Waals surface area contributed by atoms with Gasteiger partial charge in [0.2, 0.25) is 0 Å². The van der Waals surface area contributed by atoms with Crippen LogP contribution in [0.15, 0.2) is 24.3 Å². The number of aliphatic hydroxyl groups excluding tert-OH is 1. The van der Waals surface area contributed by atoms with E-state index in [0.717, 1.165) is 12.2 Å². The van der Waals surface area contributed by atoms with Crippen molar-refractivity contribution in [2.45, 2.75) is 33.3 Å². The van der Waals surface area contributed by atoms with Crippen LogP contribution >= 0.6 is 11.6 Å². The molecule has 1 aromatic carbocycles. The molecule has 1 rings (SSSR count). The molecule has 0 aliphatic carbocycles. The Labute approximate surface area is 102 Å². The molecule has 0 spiro atoms. The van der Waals surface area contributed by atoms with Crippen LogP contribution in [0.2, 0.25) is 5.02 Å².